The number of rotatable bonds is 10. The van der Waals surface area contributed by atoms with Crippen molar-refractivity contribution in [3.8, 4) is 5.75 Å². The summed E-state index contributed by atoms with van der Waals surface area (Å²) in [5, 5.41) is 0. The van der Waals surface area contributed by atoms with Gasteiger partial charge in [0.05, 0.1) is 6.54 Å². The predicted molar refractivity (Wildman–Crippen MR) is 150 cm³/mol. The first kappa shape index (κ1) is 34.2. The molecule has 0 N–H and O–H groups in total. The minimum atomic E-state index is -5.00. The highest BCUT2D eigenvalue weighted by atomic mass is 19.4. The second kappa shape index (κ2) is 14.3. The Morgan fingerprint density at radius 2 is 1.40 bits per heavy atom. The summed E-state index contributed by atoms with van der Waals surface area (Å²) in [6, 6.07) is 14.8. The average molecular weight is 597 g/mol. The zero-order valence-electron chi connectivity index (χ0n) is 25.0. The average Bonchev–Trinajstić information content (AvgIpc) is 2.86. The van der Waals surface area contributed by atoms with Gasteiger partial charge < -0.3 is 28.7 Å². The van der Waals surface area contributed by atoms with Crippen LogP contribution in [0.1, 0.15) is 47.1 Å². The van der Waals surface area contributed by atoms with Crippen LogP contribution < -0.4 is 9.64 Å². The van der Waals surface area contributed by atoms with Crippen molar-refractivity contribution in [3.05, 3.63) is 60.2 Å². The zero-order chi connectivity index (χ0) is 31.7. The molecule has 2 aromatic carbocycles. The molecule has 2 amide bonds. The number of ether oxygens (including phenoxy) is 4. The van der Waals surface area contributed by atoms with E-state index in [0.29, 0.717) is 16.2 Å². The fourth-order valence-electron chi connectivity index (χ4n) is 3.53. The Kier molecular flexibility index (Phi) is 11.6. The third-order valence-electron chi connectivity index (χ3n) is 5.45. The van der Waals surface area contributed by atoms with E-state index in [9.17, 15) is 27.6 Å². The first-order valence-electron chi connectivity index (χ1n) is 13.3. The van der Waals surface area contributed by atoms with E-state index < -0.39 is 41.6 Å². The Labute approximate surface area is 244 Å². The van der Waals surface area contributed by atoms with Gasteiger partial charge in [0.15, 0.2) is 6.10 Å². The Morgan fingerprint density at radius 3 is 1.93 bits per heavy atom. The van der Waals surface area contributed by atoms with Crippen LogP contribution in [0.2, 0.25) is 0 Å². The number of nitrogens with zero attached hydrogens (tertiary/aromatic N) is 2. The molecule has 0 aliphatic heterocycles. The maximum absolute atomic E-state index is 13.2. The van der Waals surface area contributed by atoms with Crippen molar-refractivity contribution >= 4 is 23.8 Å². The molecule has 9 nitrogen and oxygen atoms in total. The second-order valence-corrected chi connectivity index (χ2v) is 11.5. The topological polar surface area (TPSA) is 94.6 Å². The van der Waals surface area contributed by atoms with Gasteiger partial charge in [0, 0.05) is 19.3 Å². The molecular formula is C30H39F3N2O7. The number of alkyl halides is 3. The van der Waals surface area contributed by atoms with Crippen molar-refractivity contribution in [2.75, 3.05) is 31.6 Å². The first-order valence-corrected chi connectivity index (χ1v) is 13.3. The molecule has 0 fully saturated rings. The molecule has 0 heterocycles. The quantitative estimate of drug-likeness (QED) is 0.293. The molecule has 0 saturated heterocycles. The highest BCUT2D eigenvalue weighted by Gasteiger charge is 2.41. The van der Waals surface area contributed by atoms with Crippen LogP contribution in [0, 0.1) is 0 Å². The molecule has 0 spiro atoms. The maximum atomic E-state index is 13.2. The summed E-state index contributed by atoms with van der Waals surface area (Å²) in [7, 11) is 1.04. The third kappa shape index (κ3) is 12.3. The van der Waals surface area contributed by atoms with Crippen LogP contribution in [0.3, 0.4) is 0 Å². The van der Waals surface area contributed by atoms with E-state index >= 15 is 0 Å². The van der Waals surface area contributed by atoms with Gasteiger partial charge in [-0.1, -0.05) is 30.3 Å². The lowest BCUT2D eigenvalue weighted by Gasteiger charge is -2.30. The number of benzene rings is 2. The first-order chi connectivity index (χ1) is 19.3. The lowest BCUT2D eigenvalue weighted by molar-refractivity contribution is -0.170. The maximum Gasteiger partial charge on any atom is 0.509 e. The SMILES string of the molecule is CN(C(=O)C(F)(F)F)c1ccc(CCN(CC(COc2ccccc2)OC(=O)OC(C)(C)C)C(=O)OC(C)(C)C)cc1. The van der Waals surface area contributed by atoms with Crippen LogP contribution in [0.25, 0.3) is 0 Å². The molecule has 0 bridgehead atoms. The van der Waals surface area contributed by atoms with E-state index in [2.05, 4.69) is 0 Å². The van der Waals surface area contributed by atoms with Crippen molar-refractivity contribution in [1.82, 2.24) is 4.90 Å². The number of anilines is 1. The highest BCUT2D eigenvalue weighted by molar-refractivity contribution is 5.96. The number of carbonyl (C=O) groups is 3. The number of para-hydroxylation sites is 1. The van der Waals surface area contributed by atoms with Gasteiger partial charge in [-0.3, -0.25) is 4.79 Å². The monoisotopic (exact) mass is 596 g/mol. The van der Waals surface area contributed by atoms with Crippen LogP contribution in [-0.2, 0) is 25.4 Å². The Morgan fingerprint density at radius 1 is 0.833 bits per heavy atom. The fourth-order valence-corrected chi connectivity index (χ4v) is 3.53. The summed E-state index contributed by atoms with van der Waals surface area (Å²) in [5.41, 5.74) is -0.869. The van der Waals surface area contributed by atoms with E-state index in [4.69, 9.17) is 18.9 Å². The summed E-state index contributed by atoms with van der Waals surface area (Å²) < 4.78 is 60.6. The second-order valence-electron chi connectivity index (χ2n) is 11.5. The van der Waals surface area contributed by atoms with Gasteiger partial charge in [-0.15, -0.1) is 0 Å². The molecular weight excluding hydrogens is 557 g/mol. The van der Waals surface area contributed by atoms with Gasteiger partial charge in [-0.25, -0.2) is 9.59 Å². The minimum Gasteiger partial charge on any atom is -0.490 e. The largest absolute Gasteiger partial charge is 0.509 e. The van der Waals surface area contributed by atoms with Gasteiger partial charge in [0.25, 0.3) is 0 Å². The minimum absolute atomic E-state index is 0.0639. The molecule has 1 unspecified atom stereocenters. The highest BCUT2D eigenvalue weighted by Crippen LogP contribution is 2.23. The van der Waals surface area contributed by atoms with Crippen LogP contribution in [-0.4, -0.2) is 73.3 Å². The van der Waals surface area contributed by atoms with Crippen LogP contribution in [0.15, 0.2) is 54.6 Å². The molecule has 0 radical (unpaired) electrons. The normalized spacial score (nSPS) is 12.6. The molecule has 0 aromatic heterocycles. The number of hydrogen-bond donors (Lipinski definition) is 0. The van der Waals surface area contributed by atoms with Gasteiger partial charge in [0.2, 0.25) is 0 Å². The molecule has 2 rings (SSSR count). The van der Waals surface area contributed by atoms with Crippen LogP contribution >= 0.6 is 0 Å². The number of amides is 2. The number of halogens is 3. The fraction of sp³-hybridized carbons (Fsp3) is 0.500. The van der Waals surface area contributed by atoms with E-state index in [-0.39, 0.29) is 31.8 Å². The number of carbonyl (C=O) groups excluding carboxylic acids is 3. The summed E-state index contributed by atoms with van der Waals surface area (Å²) in [5.74, 6) is -1.45. The molecule has 232 valence electrons. The third-order valence-corrected chi connectivity index (χ3v) is 5.45. The summed E-state index contributed by atoms with van der Waals surface area (Å²) >= 11 is 0. The van der Waals surface area contributed by atoms with Gasteiger partial charge in [0.1, 0.15) is 23.6 Å². The standard InChI is InChI=1S/C30H39F3N2O7/c1-28(2,3)41-26(37)35(18-17-21-13-15-22(16-14-21)34(7)25(36)30(31,32)33)19-24(40-27(38)42-29(4,5)6)20-39-23-11-9-8-10-12-23/h8-16,24H,17-20H2,1-7H3. The van der Waals surface area contributed by atoms with Crippen molar-refractivity contribution in [1.29, 1.82) is 0 Å². The van der Waals surface area contributed by atoms with Crippen molar-refractivity contribution in [2.45, 2.75) is 71.4 Å². The van der Waals surface area contributed by atoms with Crippen LogP contribution in [0.5, 0.6) is 5.75 Å². The lowest BCUT2D eigenvalue weighted by Crippen LogP contribution is -2.45. The molecule has 0 aliphatic carbocycles. The summed E-state index contributed by atoms with van der Waals surface area (Å²) in [6.45, 7) is 10.2. The number of hydrogen-bond acceptors (Lipinski definition) is 7. The Hall–Kier alpha value is -3.96. The van der Waals surface area contributed by atoms with Crippen LogP contribution in [0.4, 0.5) is 28.4 Å². The van der Waals surface area contributed by atoms with Gasteiger partial charge in [-0.2, -0.15) is 13.2 Å². The van der Waals surface area contributed by atoms with Crippen molar-refractivity contribution in [3.63, 3.8) is 0 Å². The molecule has 42 heavy (non-hydrogen) atoms. The predicted octanol–water partition coefficient (Wildman–Crippen LogP) is 6.39. The summed E-state index contributed by atoms with van der Waals surface area (Å²) in [4.78, 5) is 39.1. The van der Waals surface area contributed by atoms with E-state index in [0.717, 1.165) is 7.05 Å². The van der Waals surface area contributed by atoms with Gasteiger partial charge in [-0.05, 0) is 77.8 Å². The van der Waals surface area contributed by atoms with Crippen molar-refractivity contribution < 1.29 is 46.5 Å². The molecule has 2 aromatic rings. The van der Waals surface area contributed by atoms with E-state index in [1.165, 1.54) is 17.0 Å². The van der Waals surface area contributed by atoms with Gasteiger partial charge >= 0.3 is 24.3 Å². The lowest BCUT2D eigenvalue weighted by atomic mass is 10.1. The van der Waals surface area contributed by atoms with Crippen molar-refractivity contribution in [2.24, 2.45) is 0 Å². The molecule has 12 heteroatoms. The molecule has 0 aliphatic rings. The summed E-state index contributed by atoms with van der Waals surface area (Å²) in [6.07, 6.45) is -7.23. The van der Waals surface area contributed by atoms with E-state index in [1.54, 1.807) is 77.9 Å². The smallest absolute Gasteiger partial charge is 0.490 e. The van der Waals surface area contributed by atoms with E-state index in [1.807, 2.05) is 6.07 Å². The molecule has 1 atom stereocenters. The zero-order valence-corrected chi connectivity index (χ0v) is 25.0. The Balaban J connectivity index is 2.21. The Bertz CT molecular complexity index is 1170. The molecule has 0 saturated carbocycles.